The standard InChI is InChI=1S/C10H20N2O3.H2O4S/c1-7(2)11-5-9(13)15-10(14)6-12-8(3)4;1-5(2,3)4/h7-8,11-12H,5-6H2,1-4H3;(H2,1,2,3,4). The normalized spacial score (nSPS) is 11.0. The summed E-state index contributed by atoms with van der Waals surface area (Å²) >= 11 is 0. The van der Waals surface area contributed by atoms with E-state index in [1.807, 2.05) is 27.7 Å². The van der Waals surface area contributed by atoms with Crippen LogP contribution in [0.15, 0.2) is 0 Å². The van der Waals surface area contributed by atoms with E-state index in [1.165, 1.54) is 0 Å². The van der Waals surface area contributed by atoms with Crippen LogP contribution in [0.2, 0.25) is 0 Å². The zero-order valence-corrected chi connectivity index (χ0v) is 12.7. The molecule has 0 bridgehead atoms. The van der Waals surface area contributed by atoms with Crippen molar-refractivity contribution in [2.75, 3.05) is 13.1 Å². The first kappa shape index (κ1) is 21.2. The number of rotatable bonds is 6. The van der Waals surface area contributed by atoms with E-state index in [0.29, 0.717) is 0 Å². The Morgan fingerprint density at radius 2 is 1.20 bits per heavy atom. The summed E-state index contributed by atoms with van der Waals surface area (Å²) in [5.74, 6) is -1.08. The molecule has 120 valence electrons. The molecule has 0 aromatic rings. The van der Waals surface area contributed by atoms with Gasteiger partial charge in [0.2, 0.25) is 0 Å². The Morgan fingerprint density at radius 3 is 1.40 bits per heavy atom. The highest BCUT2D eigenvalue weighted by atomic mass is 32.3. The summed E-state index contributed by atoms with van der Waals surface area (Å²) in [6.07, 6.45) is 0. The number of nitrogens with one attached hydrogen (secondary N) is 2. The topological polar surface area (TPSA) is 142 Å². The van der Waals surface area contributed by atoms with E-state index in [9.17, 15) is 9.59 Å². The van der Waals surface area contributed by atoms with Crippen LogP contribution >= 0.6 is 0 Å². The number of carbonyl (C=O) groups excluding carboxylic acids is 2. The summed E-state index contributed by atoms with van der Waals surface area (Å²) in [5, 5.41) is 5.74. The van der Waals surface area contributed by atoms with Gasteiger partial charge >= 0.3 is 22.3 Å². The minimum Gasteiger partial charge on any atom is -0.391 e. The van der Waals surface area contributed by atoms with Gasteiger partial charge in [-0.05, 0) is 0 Å². The Kier molecular flexibility index (Phi) is 11.3. The first-order valence-corrected chi connectivity index (χ1v) is 7.21. The molecule has 0 saturated heterocycles. The second kappa shape index (κ2) is 10.7. The van der Waals surface area contributed by atoms with Crippen LogP contribution in [-0.2, 0) is 24.7 Å². The third kappa shape index (κ3) is 25.7. The molecule has 4 N–H and O–H groups in total. The van der Waals surface area contributed by atoms with Crippen LogP contribution < -0.4 is 10.6 Å². The minimum atomic E-state index is -4.67. The predicted molar refractivity (Wildman–Crippen MR) is 71.6 cm³/mol. The highest BCUT2D eigenvalue weighted by Crippen LogP contribution is 1.83. The average molecular weight is 314 g/mol. The molecule has 0 amide bonds. The van der Waals surface area contributed by atoms with Gasteiger partial charge in [-0.1, -0.05) is 27.7 Å². The molecule has 0 aliphatic rings. The van der Waals surface area contributed by atoms with Crippen molar-refractivity contribution >= 4 is 22.3 Å². The first-order valence-electron chi connectivity index (χ1n) is 5.82. The van der Waals surface area contributed by atoms with Gasteiger partial charge in [-0.15, -0.1) is 0 Å². The SMILES string of the molecule is CC(C)NCC(=O)OC(=O)CNC(C)C.O=S(=O)(O)O. The van der Waals surface area contributed by atoms with Crippen molar-refractivity contribution in [3.63, 3.8) is 0 Å². The summed E-state index contributed by atoms with van der Waals surface area (Å²) < 4.78 is 36.1. The third-order valence-corrected chi connectivity index (χ3v) is 1.54. The lowest BCUT2D eigenvalue weighted by molar-refractivity contribution is -0.158. The summed E-state index contributed by atoms with van der Waals surface area (Å²) in [6, 6.07) is 0.392. The average Bonchev–Trinajstić information content (AvgIpc) is 2.21. The van der Waals surface area contributed by atoms with Gasteiger partial charge in [0.15, 0.2) is 0 Å². The van der Waals surface area contributed by atoms with Crippen molar-refractivity contribution in [3.8, 4) is 0 Å². The van der Waals surface area contributed by atoms with Gasteiger partial charge < -0.3 is 15.4 Å². The van der Waals surface area contributed by atoms with Crippen LogP contribution in [0.3, 0.4) is 0 Å². The summed E-state index contributed by atoms with van der Waals surface area (Å²) in [4.78, 5) is 22.1. The van der Waals surface area contributed by atoms with Gasteiger partial charge in [-0.25, -0.2) is 0 Å². The number of esters is 2. The zero-order valence-electron chi connectivity index (χ0n) is 11.9. The van der Waals surface area contributed by atoms with Crippen LogP contribution in [0.5, 0.6) is 0 Å². The van der Waals surface area contributed by atoms with Gasteiger partial charge in [0.05, 0.1) is 13.1 Å². The van der Waals surface area contributed by atoms with E-state index in [4.69, 9.17) is 17.5 Å². The molecule has 0 radical (unpaired) electrons. The first-order chi connectivity index (χ1) is 8.91. The van der Waals surface area contributed by atoms with Crippen molar-refractivity contribution in [3.05, 3.63) is 0 Å². The summed E-state index contributed by atoms with van der Waals surface area (Å²) in [6.45, 7) is 7.77. The number of carbonyl (C=O) groups is 2. The fourth-order valence-corrected chi connectivity index (χ4v) is 0.774. The van der Waals surface area contributed by atoms with Crippen molar-refractivity contribution < 1.29 is 31.8 Å². The van der Waals surface area contributed by atoms with E-state index < -0.39 is 22.3 Å². The van der Waals surface area contributed by atoms with Crippen LogP contribution in [0.1, 0.15) is 27.7 Å². The molecule has 0 rings (SSSR count). The maximum Gasteiger partial charge on any atom is 0.394 e. The number of hydrogen-bond acceptors (Lipinski definition) is 7. The lowest BCUT2D eigenvalue weighted by Gasteiger charge is -2.09. The Hall–Kier alpha value is -1.07. The van der Waals surface area contributed by atoms with Gasteiger partial charge in [-0.2, -0.15) is 8.42 Å². The molecule has 0 spiro atoms. The molecule has 0 aromatic heterocycles. The largest absolute Gasteiger partial charge is 0.394 e. The molecule has 0 aliphatic heterocycles. The number of ether oxygens (including phenoxy) is 1. The van der Waals surface area contributed by atoms with Crippen LogP contribution in [0.25, 0.3) is 0 Å². The zero-order chi connectivity index (χ0) is 16.3. The fourth-order valence-electron chi connectivity index (χ4n) is 0.774. The van der Waals surface area contributed by atoms with E-state index in [-0.39, 0.29) is 25.2 Å². The van der Waals surface area contributed by atoms with Crippen molar-refractivity contribution in [1.82, 2.24) is 10.6 Å². The quantitative estimate of drug-likeness (QED) is 0.287. The molecule has 0 saturated carbocycles. The predicted octanol–water partition coefficient (Wildman–Crippen LogP) is -0.601. The van der Waals surface area contributed by atoms with Crippen LogP contribution in [0, 0.1) is 0 Å². The number of hydrogen-bond donors (Lipinski definition) is 4. The Morgan fingerprint density at radius 1 is 0.950 bits per heavy atom. The maximum atomic E-state index is 11.1. The maximum absolute atomic E-state index is 11.1. The molecule has 20 heavy (non-hydrogen) atoms. The molecular weight excluding hydrogens is 292 g/mol. The van der Waals surface area contributed by atoms with E-state index in [0.717, 1.165) is 0 Å². The highest BCUT2D eigenvalue weighted by molar-refractivity contribution is 7.79. The van der Waals surface area contributed by atoms with E-state index in [2.05, 4.69) is 15.4 Å². The molecule has 0 aromatic carbocycles. The van der Waals surface area contributed by atoms with E-state index >= 15 is 0 Å². The van der Waals surface area contributed by atoms with Crippen molar-refractivity contribution in [2.45, 2.75) is 39.8 Å². The molecule has 9 nitrogen and oxygen atoms in total. The highest BCUT2D eigenvalue weighted by Gasteiger charge is 2.10. The molecule has 0 fully saturated rings. The van der Waals surface area contributed by atoms with E-state index in [1.54, 1.807) is 0 Å². The fraction of sp³-hybridized carbons (Fsp3) is 0.800. The van der Waals surface area contributed by atoms with Gasteiger partial charge in [0, 0.05) is 12.1 Å². The molecular formula is C10H22N2O7S. The lowest BCUT2D eigenvalue weighted by atomic mass is 10.4. The Balaban J connectivity index is 0. The van der Waals surface area contributed by atoms with Crippen LogP contribution in [-0.4, -0.2) is 54.6 Å². The second-order valence-corrected chi connectivity index (χ2v) is 5.26. The molecule has 0 aliphatic carbocycles. The molecule has 0 atom stereocenters. The van der Waals surface area contributed by atoms with Gasteiger partial charge in [0.25, 0.3) is 0 Å². The van der Waals surface area contributed by atoms with Crippen molar-refractivity contribution in [1.29, 1.82) is 0 Å². The molecule has 0 heterocycles. The smallest absolute Gasteiger partial charge is 0.391 e. The van der Waals surface area contributed by atoms with Gasteiger partial charge in [0.1, 0.15) is 0 Å². The lowest BCUT2D eigenvalue weighted by Crippen LogP contribution is -2.35. The summed E-state index contributed by atoms with van der Waals surface area (Å²) in [5.41, 5.74) is 0. The summed E-state index contributed by atoms with van der Waals surface area (Å²) in [7, 11) is -4.67. The van der Waals surface area contributed by atoms with Crippen LogP contribution in [0.4, 0.5) is 0 Å². The molecule has 0 unspecified atom stereocenters. The minimum absolute atomic E-state index is 0.0606. The second-order valence-electron chi connectivity index (χ2n) is 4.37. The third-order valence-electron chi connectivity index (χ3n) is 1.54. The van der Waals surface area contributed by atoms with Crippen molar-refractivity contribution in [2.24, 2.45) is 0 Å². The Bertz CT molecular complexity index is 362. The van der Waals surface area contributed by atoms with Gasteiger partial charge in [-0.3, -0.25) is 18.7 Å². The molecule has 10 heteroatoms. The Labute approximate surface area is 118 Å². The monoisotopic (exact) mass is 314 g/mol.